The van der Waals surface area contributed by atoms with Crippen LogP contribution in [0.3, 0.4) is 0 Å². The van der Waals surface area contributed by atoms with Gasteiger partial charge in [-0.1, -0.05) is 24.3 Å². The maximum atomic E-state index is 13.2. The van der Waals surface area contributed by atoms with E-state index in [1.54, 1.807) is 19.2 Å². The zero-order valence-electron chi connectivity index (χ0n) is 13.5. The second-order valence-electron chi connectivity index (χ2n) is 5.88. The Morgan fingerprint density at radius 1 is 1.00 bits per heavy atom. The third kappa shape index (κ3) is 4.02. The molecule has 1 saturated heterocycles. The highest BCUT2D eigenvalue weighted by Crippen LogP contribution is 2.28. The van der Waals surface area contributed by atoms with E-state index in [1.807, 2.05) is 24.3 Å². The molecule has 0 aromatic heterocycles. The van der Waals surface area contributed by atoms with E-state index in [0.29, 0.717) is 0 Å². The molecule has 0 unspecified atom stereocenters. The molecule has 2 aromatic carbocycles. The van der Waals surface area contributed by atoms with Gasteiger partial charge in [-0.2, -0.15) is 0 Å². The first-order chi connectivity index (χ1) is 11.3. The lowest BCUT2D eigenvalue weighted by atomic mass is 10.1. The highest BCUT2D eigenvalue weighted by molar-refractivity contribution is 5.58. The normalized spacial score (nSPS) is 15.7. The molecule has 0 amide bonds. The van der Waals surface area contributed by atoms with E-state index >= 15 is 0 Å². The van der Waals surface area contributed by atoms with E-state index in [4.69, 9.17) is 4.74 Å². The molecule has 3 rings (SSSR count). The summed E-state index contributed by atoms with van der Waals surface area (Å²) < 4.78 is 18.7. The first kappa shape index (κ1) is 15.8. The van der Waals surface area contributed by atoms with Gasteiger partial charge in [0.15, 0.2) is 0 Å². The van der Waals surface area contributed by atoms with Gasteiger partial charge in [-0.05, 0) is 36.2 Å². The van der Waals surface area contributed by atoms with Gasteiger partial charge in [-0.3, -0.25) is 4.90 Å². The van der Waals surface area contributed by atoms with Crippen molar-refractivity contribution < 1.29 is 9.13 Å². The van der Waals surface area contributed by atoms with Crippen LogP contribution in [0.5, 0.6) is 5.75 Å². The zero-order chi connectivity index (χ0) is 16.1. The summed E-state index contributed by atoms with van der Waals surface area (Å²) >= 11 is 0. The van der Waals surface area contributed by atoms with Gasteiger partial charge in [0.1, 0.15) is 11.6 Å². The molecular formula is C19H23FN2O. The molecule has 4 heteroatoms. The minimum Gasteiger partial charge on any atom is -0.495 e. The highest BCUT2D eigenvalue weighted by Gasteiger charge is 2.19. The van der Waals surface area contributed by atoms with Crippen molar-refractivity contribution >= 4 is 5.69 Å². The number of halogens is 1. The van der Waals surface area contributed by atoms with Crippen LogP contribution in [0.1, 0.15) is 5.56 Å². The Hall–Kier alpha value is -2.07. The number of benzene rings is 2. The summed E-state index contributed by atoms with van der Waals surface area (Å²) in [6.07, 6.45) is 0.895. The average Bonchev–Trinajstić information content (AvgIpc) is 2.60. The number of rotatable bonds is 5. The first-order valence-electron chi connectivity index (χ1n) is 8.11. The van der Waals surface area contributed by atoms with E-state index in [2.05, 4.69) is 15.9 Å². The maximum absolute atomic E-state index is 13.2. The van der Waals surface area contributed by atoms with Gasteiger partial charge in [-0.15, -0.1) is 0 Å². The van der Waals surface area contributed by atoms with Crippen LogP contribution in [-0.4, -0.2) is 44.7 Å². The summed E-state index contributed by atoms with van der Waals surface area (Å²) in [6, 6.07) is 15.1. The van der Waals surface area contributed by atoms with E-state index in [1.165, 1.54) is 11.8 Å². The number of hydrogen-bond donors (Lipinski definition) is 0. The van der Waals surface area contributed by atoms with E-state index in [0.717, 1.165) is 50.5 Å². The molecule has 3 nitrogen and oxygen atoms in total. The largest absolute Gasteiger partial charge is 0.495 e. The van der Waals surface area contributed by atoms with Crippen LogP contribution in [-0.2, 0) is 6.42 Å². The Balaban J connectivity index is 1.52. The predicted octanol–water partition coefficient (Wildman–Crippen LogP) is 3.20. The van der Waals surface area contributed by atoms with Gasteiger partial charge < -0.3 is 9.64 Å². The quantitative estimate of drug-likeness (QED) is 0.843. The molecule has 0 aliphatic carbocycles. The second-order valence-corrected chi connectivity index (χ2v) is 5.88. The lowest BCUT2D eigenvalue weighted by molar-refractivity contribution is 0.260. The van der Waals surface area contributed by atoms with Crippen LogP contribution in [0.2, 0.25) is 0 Å². The van der Waals surface area contributed by atoms with E-state index in [9.17, 15) is 4.39 Å². The Morgan fingerprint density at radius 2 is 1.78 bits per heavy atom. The lowest BCUT2D eigenvalue weighted by Gasteiger charge is -2.36. The molecule has 0 radical (unpaired) electrons. The van der Waals surface area contributed by atoms with Crippen LogP contribution in [0.15, 0.2) is 48.5 Å². The Labute approximate surface area is 137 Å². The van der Waals surface area contributed by atoms with Crippen LogP contribution in [0.25, 0.3) is 0 Å². The van der Waals surface area contributed by atoms with Crippen molar-refractivity contribution in [1.29, 1.82) is 0 Å². The van der Waals surface area contributed by atoms with Crippen molar-refractivity contribution in [3.63, 3.8) is 0 Å². The molecule has 1 fully saturated rings. The molecule has 0 spiro atoms. The van der Waals surface area contributed by atoms with E-state index in [-0.39, 0.29) is 5.82 Å². The van der Waals surface area contributed by atoms with E-state index < -0.39 is 0 Å². The van der Waals surface area contributed by atoms with Crippen molar-refractivity contribution in [3.8, 4) is 5.75 Å². The number of ether oxygens (including phenoxy) is 1. The van der Waals surface area contributed by atoms with Crippen LogP contribution in [0.4, 0.5) is 10.1 Å². The summed E-state index contributed by atoms with van der Waals surface area (Å²) in [7, 11) is 1.72. The van der Waals surface area contributed by atoms with Gasteiger partial charge in [0.2, 0.25) is 0 Å². The zero-order valence-corrected chi connectivity index (χ0v) is 13.5. The fourth-order valence-corrected chi connectivity index (χ4v) is 3.08. The van der Waals surface area contributed by atoms with Crippen molar-refractivity contribution in [1.82, 2.24) is 4.90 Å². The van der Waals surface area contributed by atoms with Crippen molar-refractivity contribution in [3.05, 3.63) is 59.9 Å². The molecule has 0 bridgehead atoms. The molecule has 0 N–H and O–H groups in total. The summed E-state index contributed by atoms with van der Waals surface area (Å²) in [4.78, 5) is 4.81. The molecule has 1 aliphatic heterocycles. The minimum absolute atomic E-state index is 0.150. The van der Waals surface area contributed by atoms with Gasteiger partial charge >= 0.3 is 0 Å². The van der Waals surface area contributed by atoms with Gasteiger partial charge in [0.05, 0.1) is 12.8 Å². The SMILES string of the molecule is COc1ccccc1N1CCN(CCc2cccc(F)c2)CC1. The van der Waals surface area contributed by atoms with Crippen molar-refractivity contribution in [2.45, 2.75) is 6.42 Å². The predicted molar refractivity (Wildman–Crippen MR) is 91.8 cm³/mol. The fourth-order valence-electron chi connectivity index (χ4n) is 3.08. The van der Waals surface area contributed by atoms with Crippen LogP contribution < -0.4 is 9.64 Å². The summed E-state index contributed by atoms with van der Waals surface area (Å²) in [5.41, 5.74) is 2.23. The number of para-hydroxylation sites is 2. The molecule has 0 atom stereocenters. The fraction of sp³-hybridized carbons (Fsp3) is 0.368. The third-order valence-electron chi connectivity index (χ3n) is 4.40. The van der Waals surface area contributed by atoms with Crippen molar-refractivity contribution in [2.75, 3.05) is 44.7 Å². The minimum atomic E-state index is -0.150. The molecule has 1 aliphatic rings. The summed E-state index contributed by atoms with van der Waals surface area (Å²) in [6.45, 7) is 5.00. The third-order valence-corrected chi connectivity index (χ3v) is 4.40. The number of methoxy groups -OCH3 is 1. The smallest absolute Gasteiger partial charge is 0.142 e. The Bertz CT molecular complexity index is 639. The molecule has 2 aromatic rings. The summed E-state index contributed by atoms with van der Waals surface area (Å²) in [5.74, 6) is 0.782. The monoisotopic (exact) mass is 314 g/mol. The molecule has 0 saturated carbocycles. The lowest BCUT2D eigenvalue weighted by Crippen LogP contribution is -2.47. The average molecular weight is 314 g/mol. The first-order valence-corrected chi connectivity index (χ1v) is 8.11. The Kier molecular flexibility index (Phi) is 5.13. The molecule has 122 valence electrons. The Morgan fingerprint density at radius 3 is 2.52 bits per heavy atom. The van der Waals surface area contributed by atoms with Gasteiger partial charge in [0.25, 0.3) is 0 Å². The topological polar surface area (TPSA) is 15.7 Å². The number of piperazine rings is 1. The standard InChI is InChI=1S/C19H23FN2O/c1-23-19-8-3-2-7-18(19)22-13-11-21(12-14-22)10-9-16-5-4-6-17(20)15-16/h2-8,15H,9-14H2,1H3. The molecule has 23 heavy (non-hydrogen) atoms. The highest BCUT2D eigenvalue weighted by atomic mass is 19.1. The van der Waals surface area contributed by atoms with Gasteiger partial charge in [0, 0.05) is 32.7 Å². The number of nitrogens with zero attached hydrogens (tertiary/aromatic N) is 2. The van der Waals surface area contributed by atoms with Crippen molar-refractivity contribution in [2.24, 2.45) is 0 Å². The number of hydrogen-bond acceptors (Lipinski definition) is 3. The second kappa shape index (κ2) is 7.47. The summed E-state index contributed by atoms with van der Waals surface area (Å²) in [5, 5.41) is 0. The molecular weight excluding hydrogens is 291 g/mol. The number of anilines is 1. The van der Waals surface area contributed by atoms with Crippen LogP contribution >= 0.6 is 0 Å². The van der Waals surface area contributed by atoms with Gasteiger partial charge in [-0.25, -0.2) is 4.39 Å². The van der Waals surface area contributed by atoms with Crippen LogP contribution in [0, 0.1) is 5.82 Å². The molecule has 1 heterocycles. The maximum Gasteiger partial charge on any atom is 0.142 e.